The molecule has 1 aliphatic rings. The summed E-state index contributed by atoms with van der Waals surface area (Å²) < 4.78 is 6.70. The van der Waals surface area contributed by atoms with E-state index in [4.69, 9.17) is 16.3 Å². The third kappa shape index (κ3) is 2.87. The standard InChI is InChI=1S/C27H23ClOSi/c28-21-27(26(29-27)22-13-5-1-6-14-22)30(23-15-7-2-8-16-23,24-17-9-3-10-18-24)25-19-11-4-12-20-25/h1-20,26H,21H2. The van der Waals surface area contributed by atoms with E-state index in [2.05, 4.69) is 115 Å². The molecular weight excluding hydrogens is 404 g/mol. The summed E-state index contributed by atoms with van der Waals surface area (Å²) in [5.74, 6) is 0.442. The third-order valence-corrected chi connectivity index (χ3v) is 12.3. The zero-order valence-electron chi connectivity index (χ0n) is 16.6. The zero-order valence-corrected chi connectivity index (χ0v) is 18.4. The van der Waals surface area contributed by atoms with Gasteiger partial charge in [-0.1, -0.05) is 121 Å². The topological polar surface area (TPSA) is 12.5 Å². The van der Waals surface area contributed by atoms with E-state index >= 15 is 0 Å². The number of hydrogen-bond donors (Lipinski definition) is 0. The molecule has 1 nitrogen and oxygen atoms in total. The molecule has 0 saturated carbocycles. The molecule has 30 heavy (non-hydrogen) atoms. The molecule has 0 amide bonds. The van der Waals surface area contributed by atoms with Crippen LogP contribution in [0.2, 0.25) is 0 Å². The molecule has 1 heterocycles. The second-order valence-corrected chi connectivity index (χ2v) is 12.1. The minimum absolute atomic E-state index is 0.0246. The lowest BCUT2D eigenvalue weighted by Crippen LogP contribution is -2.76. The van der Waals surface area contributed by atoms with Crippen molar-refractivity contribution in [3.63, 3.8) is 0 Å². The predicted molar refractivity (Wildman–Crippen MR) is 128 cm³/mol. The second kappa shape index (κ2) is 7.88. The molecule has 4 aromatic carbocycles. The number of benzene rings is 4. The summed E-state index contributed by atoms with van der Waals surface area (Å²) in [5, 5.41) is 3.50. The van der Waals surface area contributed by atoms with Crippen LogP contribution in [-0.4, -0.2) is 19.2 Å². The van der Waals surface area contributed by atoms with Crippen molar-refractivity contribution in [3.8, 4) is 0 Å². The van der Waals surface area contributed by atoms with E-state index < -0.39 is 13.3 Å². The fourth-order valence-corrected chi connectivity index (χ4v) is 11.3. The highest BCUT2D eigenvalue weighted by Crippen LogP contribution is 2.55. The maximum atomic E-state index is 6.84. The molecular formula is C27H23ClOSi. The van der Waals surface area contributed by atoms with Gasteiger partial charge in [-0.3, -0.25) is 0 Å². The second-order valence-electron chi connectivity index (χ2n) is 7.78. The molecule has 1 fully saturated rings. The van der Waals surface area contributed by atoms with Gasteiger partial charge in [-0.05, 0) is 21.1 Å². The van der Waals surface area contributed by atoms with Gasteiger partial charge in [-0.2, -0.15) is 0 Å². The van der Waals surface area contributed by atoms with Crippen molar-refractivity contribution >= 4 is 35.2 Å². The normalized spacial score (nSPS) is 20.6. The number of halogens is 1. The molecule has 0 spiro atoms. The largest absolute Gasteiger partial charge is 0.362 e. The monoisotopic (exact) mass is 426 g/mol. The van der Waals surface area contributed by atoms with Crippen molar-refractivity contribution in [2.75, 3.05) is 5.88 Å². The van der Waals surface area contributed by atoms with Crippen LogP contribution in [0.5, 0.6) is 0 Å². The summed E-state index contributed by atoms with van der Waals surface area (Å²) in [5.41, 5.74) is 1.19. The van der Waals surface area contributed by atoms with E-state index in [9.17, 15) is 0 Å². The van der Waals surface area contributed by atoms with Crippen LogP contribution in [0.4, 0.5) is 0 Å². The van der Waals surface area contributed by atoms with Gasteiger partial charge in [0.05, 0.1) is 5.88 Å². The Kier molecular flexibility index (Phi) is 5.07. The van der Waals surface area contributed by atoms with Crippen LogP contribution in [0.3, 0.4) is 0 Å². The first-order valence-corrected chi connectivity index (χ1v) is 12.8. The van der Waals surface area contributed by atoms with Crippen molar-refractivity contribution in [2.24, 2.45) is 0 Å². The van der Waals surface area contributed by atoms with Gasteiger partial charge in [-0.25, -0.2) is 0 Å². The minimum atomic E-state index is -2.64. The molecule has 3 heteroatoms. The number of alkyl halides is 1. The van der Waals surface area contributed by atoms with Gasteiger partial charge in [0, 0.05) is 0 Å². The Hall–Kier alpha value is -2.65. The van der Waals surface area contributed by atoms with Gasteiger partial charge in [-0.15, -0.1) is 11.6 Å². The van der Waals surface area contributed by atoms with Crippen LogP contribution in [0, 0.1) is 0 Å². The van der Waals surface area contributed by atoms with Crippen molar-refractivity contribution in [2.45, 2.75) is 11.3 Å². The van der Waals surface area contributed by atoms with Crippen molar-refractivity contribution < 1.29 is 4.74 Å². The number of rotatable bonds is 6. The van der Waals surface area contributed by atoms with Gasteiger partial charge in [0.15, 0.2) is 8.07 Å². The summed E-state index contributed by atoms with van der Waals surface area (Å²) in [6.07, 6.45) is -0.0246. The van der Waals surface area contributed by atoms with Crippen LogP contribution >= 0.6 is 11.6 Å². The van der Waals surface area contributed by atoms with Crippen LogP contribution in [-0.2, 0) is 4.74 Å². The fourth-order valence-electron chi connectivity index (χ4n) is 4.93. The van der Waals surface area contributed by atoms with E-state index in [0.29, 0.717) is 5.88 Å². The molecule has 4 aromatic rings. The molecule has 5 rings (SSSR count). The number of ether oxygens (including phenoxy) is 1. The molecule has 1 aliphatic heterocycles. The quantitative estimate of drug-likeness (QED) is 0.192. The van der Waals surface area contributed by atoms with Gasteiger partial charge in [0.25, 0.3) is 0 Å². The maximum absolute atomic E-state index is 6.84. The van der Waals surface area contributed by atoms with Crippen LogP contribution in [0.1, 0.15) is 11.7 Å². The van der Waals surface area contributed by atoms with Gasteiger partial charge < -0.3 is 4.74 Å². The average Bonchev–Trinajstić information content (AvgIpc) is 3.59. The Balaban J connectivity index is 1.83. The number of epoxide rings is 1. The fraction of sp³-hybridized carbons (Fsp3) is 0.111. The van der Waals surface area contributed by atoms with Crippen molar-refractivity contribution in [3.05, 3.63) is 127 Å². The third-order valence-electron chi connectivity index (χ3n) is 6.25. The Morgan fingerprint density at radius 3 is 1.33 bits per heavy atom. The van der Waals surface area contributed by atoms with Crippen LogP contribution in [0.15, 0.2) is 121 Å². The van der Waals surface area contributed by atoms with Gasteiger partial charge in [0.2, 0.25) is 0 Å². The average molecular weight is 427 g/mol. The highest BCUT2D eigenvalue weighted by atomic mass is 35.5. The molecule has 0 aromatic heterocycles. The molecule has 2 atom stereocenters. The lowest BCUT2D eigenvalue weighted by atomic mass is 10.1. The molecule has 0 radical (unpaired) electrons. The zero-order chi connectivity index (χ0) is 20.4. The van der Waals surface area contributed by atoms with E-state index in [1.165, 1.54) is 21.1 Å². The summed E-state index contributed by atoms with van der Waals surface area (Å²) in [6, 6.07) is 43.0. The van der Waals surface area contributed by atoms with Crippen molar-refractivity contribution in [1.29, 1.82) is 0 Å². The predicted octanol–water partition coefficient (Wildman–Crippen LogP) is 4.45. The molecule has 0 N–H and O–H groups in total. The van der Waals surface area contributed by atoms with E-state index in [1.807, 2.05) is 6.07 Å². The summed E-state index contributed by atoms with van der Waals surface area (Å²) in [4.78, 5) is 0. The lowest BCUT2D eigenvalue weighted by Gasteiger charge is -2.38. The maximum Gasteiger partial charge on any atom is 0.188 e. The van der Waals surface area contributed by atoms with Crippen LogP contribution < -0.4 is 15.6 Å². The molecule has 0 bridgehead atoms. The first-order valence-electron chi connectivity index (χ1n) is 10.3. The Labute approximate surface area is 183 Å². The first kappa shape index (κ1) is 19.3. The molecule has 2 unspecified atom stereocenters. The molecule has 148 valence electrons. The van der Waals surface area contributed by atoms with Gasteiger partial charge >= 0.3 is 0 Å². The van der Waals surface area contributed by atoms with E-state index in [0.717, 1.165) is 0 Å². The summed E-state index contributed by atoms with van der Waals surface area (Å²) in [7, 11) is -2.64. The first-order chi connectivity index (χ1) is 14.8. The smallest absolute Gasteiger partial charge is 0.188 e. The minimum Gasteiger partial charge on any atom is -0.362 e. The Morgan fingerprint density at radius 2 is 0.967 bits per heavy atom. The summed E-state index contributed by atoms with van der Waals surface area (Å²) >= 11 is 6.84. The van der Waals surface area contributed by atoms with Gasteiger partial charge in [0.1, 0.15) is 11.3 Å². The van der Waals surface area contributed by atoms with E-state index in [-0.39, 0.29) is 6.10 Å². The summed E-state index contributed by atoms with van der Waals surface area (Å²) in [6.45, 7) is 0. The van der Waals surface area contributed by atoms with E-state index in [1.54, 1.807) is 0 Å². The van der Waals surface area contributed by atoms with Crippen molar-refractivity contribution in [1.82, 2.24) is 0 Å². The SMILES string of the molecule is ClCC1([Si](c2ccccc2)(c2ccccc2)c2ccccc2)OC1c1ccccc1. The lowest BCUT2D eigenvalue weighted by molar-refractivity contribution is 0.361. The molecule has 0 aliphatic carbocycles. The highest BCUT2D eigenvalue weighted by Gasteiger charge is 2.72. The Morgan fingerprint density at radius 1 is 0.600 bits per heavy atom. The number of hydrogen-bond acceptors (Lipinski definition) is 1. The Bertz CT molecular complexity index is 1010. The van der Waals surface area contributed by atoms with Crippen LogP contribution in [0.25, 0.3) is 0 Å². The molecule has 1 saturated heterocycles. The highest BCUT2D eigenvalue weighted by molar-refractivity contribution is 7.14.